The van der Waals surface area contributed by atoms with Gasteiger partial charge < -0.3 is 10.5 Å². The number of hydrogen-bond acceptors (Lipinski definition) is 4. The summed E-state index contributed by atoms with van der Waals surface area (Å²) in [7, 11) is -3.62. The Morgan fingerprint density at radius 1 is 1.09 bits per heavy atom. The van der Waals surface area contributed by atoms with Gasteiger partial charge in [-0.25, -0.2) is 8.42 Å². The monoisotopic (exact) mass is 332 g/mol. The molecule has 0 aliphatic rings. The van der Waals surface area contributed by atoms with Crippen molar-refractivity contribution in [3.8, 4) is 5.75 Å². The minimum atomic E-state index is -3.62. The van der Waals surface area contributed by atoms with E-state index in [0.29, 0.717) is 11.4 Å². The molecule has 2 aromatic carbocycles. The average molecular weight is 332 g/mol. The summed E-state index contributed by atoms with van der Waals surface area (Å²) in [5, 5.41) is 1.10. The summed E-state index contributed by atoms with van der Waals surface area (Å²) in [6, 6.07) is 15.3. The first-order valence-corrected chi connectivity index (χ1v) is 8.26. The number of anilines is 1. The molecule has 2 rings (SSSR count). The van der Waals surface area contributed by atoms with Crippen molar-refractivity contribution in [1.82, 2.24) is 0 Å². The van der Waals surface area contributed by atoms with Crippen LogP contribution >= 0.6 is 0 Å². The Kier molecular flexibility index (Phi) is 5.37. The molecular formula is C16H16N2O4S. The van der Waals surface area contributed by atoms with Gasteiger partial charge in [0.05, 0.1) is 5.41 Å². The lowest BCUT2D eigenvalue weighted by molar-refractivity contribution is -0.119. The second-order valence-electron chi connectivity index (χ2n) is 4.64. The molecule has 0 fully saturated rings. The number of primary amides is 1. The molecule has 0 saturated carbocycles. The molecule has 0 aromatic heterocycles. The predicted molar refractivity (Wildman–Crippen MR) is 89.1 cm³/mol. The van der Waals surface area contributed by atoms with Crippen LogP contribution in [0, 0.1) is 0 Å². The van der Waals surface area contributed by atoms with Crippen LogP contribution in [0.25, 0.3) is 6.08 Å². The summed E-state index contributed by atoms with van der Waals surface area (Å²) in [5.41, 5.74) is 6.14. The molecule has 0 saturated heterocycles. The molecule has 0 spiro atoms. The standard InChI is InChI=1S/C16H16N2O4S/c17-16(19)12-22-15-8-6-14(7-9-15)18-23(20,21)11-10-13-4-2-1-3-5-13/h1-11,18H,12H2,(H2,17,19). The second kappa shape index (κ2) is 7.46. The molecule has 3 N–H and O–H groups in total. The van der Waals surface area contributed by atoms with E-state index in [2.05, 4.69) is 4.72 Å². The van der Waals surface area contributed by atoms with Crippen molar-refractivity contribution in [2.75, 3.05) is 11.3 Å². The highest BCUT2D eigenvalue weighted by molar-refractivity contribution is 7.95. The van der Waals surface area contributed by atoms with Gasteiger partial charge in [-0.15, -0.1) is 0 Å². The van der Waals surface area contributed by atoms with E-state index in [-0.39, 0.29) is 6.61 Å². The molecule has 1 amide bonds. The molecule has 2 aromatic rings. The Morgan fingerprint density at radius 2 is 1.74 bits per heavy atom. The summed E-state index contributed by atoms with van der Waals surface area (Å²) in [4.78, 5) is 10.6. The van der Waals surface area contributed by atoms with Crippen molar-refractivity contribution >= 4 is 27.7 Å². The average Bonchev–Trinajstić information content (AvgIpc) is 2.53. The van der Waals surface area contributed by atoms with Crippen LogP contribution in [0.3, 0.4) is 0 Å². The number of nitrogens with two attached hydrogens (primary N) is 1. The summed E-state index contributed by atoms with van der Waals surface area (Å²) in [5.74, 6) is -0.160. The summed E-state index contributed by atoms with van der Waals surface area (Å²) < 4.78 is 31.5. The first-order valence-electron chi connectivity index (χ1n) is 6.72. The van der Waals surface area contributed by atoms with Crippen LogP contribution in [0.1, 0.15) is 5.56 Å². The van der Waals surface area contributed by atoms with Gasteiger partial charge in [0, 0.05) is 5.69 Å². The molecular weight excluding hydrogens is 316 g/mol. The Hall–Kier alpha value is -2.80. The first kappa shape index (κ1) is 16.6. The largest absolute Gasteiger partial charge is 0.484 e. The highest BCUT2D eigenvalue weighted by Gasteiger charge is 2.06. The molecule has 0 atom stereocenters. The number of ether oxygens (including phenoxy) is 1. The predicted octanol–water partition coefficient (Wildman–Crippen LogP) is 1.96. The van der Waals surface area contributed by atoms with E-state index in [0.717, 1.165) is 11.0 Å². The first-order chi connectivity index (χ1) is 10.9. The lowest BCUT2D eigenvalue weighted by Crippen LogP contribution is -2.20. The fourth-order valence-corrected chi connectivity index (χ4v) is 2.57. The third kappa shape index (κ3) is 5.84. The van der Waals surface area contributed by atoms with Gasteiger partial charge in [0.25, 0.3) is 15.9 Å². The van der Waals surface area contributed by atoms with E-state index in [1.807, 2.05) is 18.2 Å². The van der Waals surface area contributed by atoms with Crippen LogP contribution < -0.4 is 15.2 Å². The number of sulfonamides is 1. The smallest absolute Gasteiger partial charge is 0.255 e. The number of hydrogen-bond donors (Lipinski definition) is 2. The van der Waals surface area contributed by atoms with Crippen LogP contribution in [-0.2, 0) is 14.8 Å². The maximum absolute atomic E-state index is 12.0. The fourth-order valence-electron chi connectivity index (χ4n) is 1.70. The highest BCUT2D eigenvalue weighted by atomic mass is 32.2. The lowest BCUT2D eigenvalue weighted by Gasteiger charge is -2.07. The second-order valence-corrected chi connectivity index (χ2v) is 6.21. The van der Waals surface area contributed by atoms with Crippen molar-refractivity contribution in [3.63, 3.8) is 0 Å². The van der Waals surface area contributed by atoms with E-state index in [1.54, 1.807) is 24.3 Å². The van der Waals surface area contributed by atoms with E-state index >= 15 is 0 Å². The minimum absolute atomic E-state index is 0.231. The molecule has 6 nitrogen and oxygen atoms in total. The molecule has 7 heteroatoms. The number of amides is 1. The van der Waals surface area contributed by atoms with E-state index in [4.69, 9.17) is 10.5 Å². The third-order valence-corrected chi connectivity index (χ3v) is 3.75. The number of benzene rings is 2. The number of carbonyl (C=O) groups is 1. The molecule has 0 radical (unpaired) electrons. The third-order valence-electron chi connectivity index (χ3n) is 2.73. The van der Waals surface area contributed by atoms with Gasteiger partial charge in [-0.05, 0) is 35.9 Å². The number of nitrogens with one attached hydrogen (secondary N) is 1. The van der Waals surface area contributed by atoms with Crippen molar-refractivity contribution < 1.29 is 17.9 Å². The summed E-state index contributed by atoms with van der Waals surface area (Å²) >= 11 is 0. The van der Waals surface area contributed by atoms with Crippen LogP contribution in [0.5, 0.6) is 5.75 Å². The van der Waals surface area contributed by atoms with Crippen molar-refractivity contribution in [2.24, 2.45) is 5.73 Å². The maximum atomic E-state index is 12.0. The SMILES string of the molecule is NC(=O)COc1ccc(NS(=O)(=O)C=Cc2ccccc2)cc1. The molecule has 0 heterocycles. The van der Waals surface area contributed by atoms with E-state index in [9.17, 15) is 13.2 Å². The zero-order valence-electron chi connectivity index (χ0n) is 12.2. The lowest BCUT2D eigenvalue weighted by atomic mass is 10.2. The van der Waals surface area contributed by atoms with E-state index in [1.165, 1.54) is 18.2 Å². The summed E-state index contributed by atoms with van der Waals surface area (Å²) in [6.07, 6.45) is 1.51. The molecule has 0 aliphatic heterocycles. The zero-order chi connectivity index (χ0) is 16.7. The molecule has 120 valence electrons. The number of rotatable bonds is 7. The molecule has 0 bridgehead atoms. The van der Waals surface area contributed by atoms with Gasteiger partial charge >= 0.3 is 0 Å². The van der Waals surface area contributed by atoms with Crippen molar-refractivity contribution in [3.05, 3.63) is 65.6 Å². The van der Waals surface area contributed by atoms with Crippen molar-refractivity contribution in [1.29, 1.82) is 0 Å². The topological polar surface area (TPSA) is 98.5 Å². The zero-order valence-corrected chi connectivity index (χ0v) is 13.0. The fraction of sp³-hybridized carbons (Fsp3) is 0.0625. The quantitative estimate of drug-likeness (QED) is 0.809. The van der Waals surface area contributed by atoms with Gasteiger partial charge in [0.1, 0.15) is 5.75 Å². The van der Waals surface area contributed by atoms with Gasteiger partial charge in [-0.3, -0.25) is 9.52 Å². The minimum Gasteiger partial charge on any atom is -0.484 e. The van der Waals surface area contributed by atoms with Gasteiger partial charge in [-0.1, -0.05) is 30.3 Å². The van der Waals surface area contributed by atoms with Crippen LogP contribution in [0.15, 0.2) is 60.0 Å². The van der Waals surface area contributed by atoms with Crippen LogP contribution in [0.2, 0.25) is 0 Å². The molecule has 0 aliphatic carbocycles. The Morgan fingerprint density at radius 3 is 2.35 bits per heavy atom. The Balaban J connectivity index is 2.00. The normalized spacial score (nSPS) is 11.3. The van der Waals surface area contributed by atoms with Gasteiger partial charge in [0.15, 0.2) is 6.61 Å². The maximum Gasteiger partial charge on any atom is 0.255 e. The van der Waals surface area contributed by atoms with Crippen molar-refractivity contribution in [2.45, 2.75) is 0 Å². The van der Waals surface area contributed by atoms with Crippen LogP contribution in [0.4, 0.5) is 5.69 Å². The van der Waals surface area contributed by atoms with Gasteiger partial charge in [0.2, 0.25) is 0 Å². The highest BCUT2D eigenvalue weighted by Crippen LogP contribution is 2.17. The Bertz CT molecular complexity index is 785. The van der Waals surface area contributed by atoms with Crippen LogP contribution in [-0.4, -0.2) is 20.9 Å². The van der Waals surface area contributed by atoms with E-state index < -0.39 is 15.9 Å². The van der Waals surface area contributed by atoms with Gasteiger partial charge in [-0.2, -0.15) is 0 Å². The molecule has 23 heavy (non-hydrogen) atoms. The number of carbonyl (C=O) groups excluding carboxylic acids is 1. The Labute approximate surface area is 134 Å². The summed E-state index contributed by atoms with van der Waals surface area (Å²) in [6.45, 7) is -0.231. The molecule has 0 unspecified atom stereocenters.